The summed E-state index contributed by atoms with van der Waals surface area (Å²) in [5, 5.41) is 14.5. The Morgan fingerprint density at radius 2 is 2.00 bits per heavy atom. The first-order valence-corrected chi connectivity index (χ1v) is 8.57. The van der Waals surface area contributed by atoms with E-state index in [-0.39, 0.29) is 17.6 Å². The van der Waals surface area contributed by atoms with Crippen molar-refractivity contribution < 1.29 is 9.66 Å². The smallest absolute Gasteiger partial charge is 0.353 e. The lowest BCUT2D eigenvalue weighted by Crippen LogP contribution is -2.27. The molecule has 0 saturated carbocycles. The van der Waals surface area contributed by atoms with Crippen LogP contribution in [0.5, 0.6) is 0 Å². The van der Waals surface area contributed by atoms with Gasteiger partial charge in [0.25, 0.3) is 0 Å². The highest BCUT2D eigenvalue weighted by Gasteiger charge is 2.28. The number of rotatable bonds is 5. The minimum absolute atomic E-state index is 0.0934. The van der Waals surface area contributed by atoms with Gasteiger partial charge < -0.3 is 20.7 Å². The number of nitro groups is 1. The van der Waals surface area contributed by atoms with E-state index >= 15 is 0 Å². The summed E-state index contributed by atoms with van der Waals surface area (Å²) >= 11 is 0. The maximum atomic E-state index is 11.4. The summed E-state index contributed by atoms with van der Waals surface area (Å²) in [6, 6.07) is 0. The van der Waals surface area contributed by atoms with Gasteiger partial charge in [0.05, 0.1) is 11.0 Å². The first kappa shape index (κ1) is 16.7. The molecular formula is C15H24N6O3. The fraction of sp³-hybridized carbons (Fsp3) is 0.733. The van der Waals surface area contributed by atoms with Gasteiger partial charge in [-0.25, -0.2) is 0 Å². The van der Waals surface area contributed by atoms with E-state index in [2.05, 4.69) is 15.3 Å². The largest absolute Gasteiger partial charge is 0.378 e. The van der Waals surface area contributed by atoms with Crippen molar-refractivity contribution >= 4 is 23.3 Å². The van der Waals surface area contributed by atoms with Crippen molar-refractivity contribution in [2.45, 2.75) is 44.6 Å². The molecule has 0 aromatic carbocycles. The molecule has 0 radical (unpaired) electrons. The van der Waals surface area contributed by atoms with E-state index in [4.69, 9.17) is 10.5 Å². The molecule has 0 bridgehead atoms. The van der Waals surface area contributed by atoms with Gasteiger partial charge in [0, 0.05) is 26.2 Å². The number of nitrogens with zero attached hydrogens (tertiary/aromatic N) is 4. The zero-order valence-corrected chi connectivity index (χ0v) is 13.7. The number of hydrogen-bond donors (Lipinski definition) is 2. The van der Waals surface area contributed by atoms with Gasteiger partial charge in [-0.3, -0.25) is 10.1 Å². The molecule has 2 aliphatic rings. The average Bonchev–Trinajstić information content (AvgIpc) is 2.92. The number of nitrogens with one attached hydrogen (secondary N) is 1. The monoisotopic (exact) mass is 336 g/mol. The maximum absolute atomic E-state index is 11.4. The summed E-state index contributed by atoms with van der Waals surface area (Å²) in [5.74, 6) is 0.557. The molecule has 1 aromatic rings. The molecule has 2 fully saturated rings. The van der Waals surface area contributed by atoms with Crippen LogP contribution in [0.25, 0.3) is 0 Å². The minimum Gasteiger partial charge on any atom is -0.378 e. The van der Waals surface area contributed by atoms with Crippen LogP contribution in [-0.4, -0.2) is 47.2 Å². The number of nitrogens with two attached hydrogens (primary N) is 1. The van der Waals surface area contributed by atoms with Gasteiger partial charge in [0.15, 0.2) is 0 Å². The van der Waals surface area contributed by atoms with Crippen LogP contribution in [0.2, 0.25) is 0 Å². The third-order valence-electron chi connectivity index (χ3n) is 4.49. The molecule has 2 aliphatic heterocycles. The second-order valence-corrected chi connectivity index (χ2v) is 6.28. The fourth-order valence-electron chi connectivity index (χ4n) is 3.23. The number of hydrogen-bond acceptors (Lipinski definition) is 8. The van der Waals surface area contributed by atoms with E-state index < -0.39 is 4.92 Å². The predicted molar refractivity (Wildman–Crippen MR) is 91.2 cm³/mol. The Bertz CT molecular complexity index is 583. The first-order valence-electron chi connectivity index (χ1n) is 8.57. The molecule has 1 aromatic heterocycles. The van der Waals surface area contributed by atoms with Crippen molar-refractivity contribution in [2.75, 3.05) is 42.2 Å². The summed E-state index contributed by atoms with van der Waals surface area (Å²) < 4.78 is 5.56. The Morgan fingerprint density at radius 3 is 2.62 bits per heavy atom. The SMILES string of the molecule is Nc1nc(NC[C@@H]2CCCO2)nc(N2CCCCCC2)c1[N+](=O)[O-]. The standard InChI is InChI=1S/C15H24N6O3/c16-13-12(21(22)23)14(20-7-3-1-2-4-8-20)19-15(18-13)17-10-11-6-5-9-24-11/h11H,1-10H2,(H3,16,17,18,19)/t11-/m0/s1. The highest BCUT2D eigenvalue weighted by Crippen LogP contribution is 2.33. The van der Waals surface area contributed by atoms with E-state index in [1.54, 1.807) is 0 Å². The zero-order chi connectivity index (χ0) is 16.9. The molecule has 9 heteroatoms. The van der Waals surface area contributed by atoms with Gasteiger partial charge in [-0.1, -0.05) is 12.8 Å². The lowest BCUT2D eigenvalue weighted by atomic mass is 10.2. The maximum Gasteiger partial charge on any atom is 0.353 e. The third-order valence-corrected chi connectivity index (χ3v) is 4.49. The molecule has 3 heterocycles. The quantitative estimate of drug-likeness (QED) is 0.618. The molecule has 0 spiro atoms. The number of ether oxygens (including phenoxy) is 1. The summed E-state index contributed by atoms with van der Waals surface area (Å²) in [7, 11) is 0. The average molecular weight is 336 g/mol. The van der Waals surface area contributed by atoms with Crippen LogP contribution in [-0.2, 0) is 4.74 Å². The molecule has 3 N–H and O–H groups in total. The summed E-state index contributed by atoms with van der Waals surface area (Å²) in [5.41, 5.74) is 5.67. The second-order valence-electron chi connectivity index (χ2n) is 6.28. The van der Waals surface area contributed by atoms with Crippen molar-refractivity contribution in [3.8, 4) is 0 Å². The molecule has 2 saturated heterocycles. The summed E-state index contributed by atoms with van der Waals surface area (Å²) in [4.78, 5) is 21.4. The normalized spacial score (nSPS) is 21.5. The summed E-state index contributed by atoms with van der Waals surface area (Å²) in [6.07, 6.45) is 6.44. The molecule has 9 nitrogen and oxygen atoms in total. The van der Waals surface area contributed by atoms with E-state index in [1.807, 2.05) is 4.90 Å². The van der Waals surface area contributed by atoms with Gasteiger partial charge >= 0.3 is 5.69 Å². The van der Waals surface area contributed by atoms with Gasteiger partial charge in [0.1, 0.15) is 0 Å². The Kier molecular flexibility index (Phi) is 5.29. The van der Waals surface area contributed by atoms with Crippen molar-refractivity contribution in [3.05, 3.63) is 10.1 Å². The highest BCUT2D eigenvalue weighted by atomic mass is 16.6. The van der Waals surface area contributed by atoms with Crippen LogP contribution in [0.4, 0.5) is 23.3 Å². The van der Waals surface area contributed by atoms with Crippen molar-refractivity contribution in [1.82, 2.24) is 9.97 Å². The minimum atomic E-state index is -0.487. The van der Waals surface area contributed by atoms with Gasteiger partial charge in [-0.15, -0.1) is 0 Å². The van der Waals surface area contributed by atoms with Crippen LogP contribution in [0.1, 0.15) is 38.5 Å². The van der Waals surface area contributed by atoms with Gasteiger partial charge in [-0.05, 0) is 25.7 Å². The summed E-state index contributed by atoms with van der Waals surface area (Å²) in [6.45, 7) is 2.86. The molecular weight excluding hydrogens is 312 g/mol. The highest BCUT2D eigenvalue weighted by molar-refractivity contribution is 5.71. The van der Waals surface area contributed by atoms with Crippen molar-refractivity contribution in [2.24, 2.45) is 0 Å². The van der Waals surface area contributed by atoms with Crippen LogP contribution in [0.15, 0.2) is 0 Å². The molecule has 0 aliphatic carbocycles. The second kappa shape index (κ2) is 7.61. The fourth-order valence-corrected chi connectivity index (χ4v) is 3.23. The Morgan fingerprint density at radius 1 is 1.25 bits per heavy atom. The van der Waals surface area contributed by atoms with Gasteiger partial charge in [-0.2, -0.15) is 9.97 Å². The zero-order valence-electron chi connectivity index (χ0n) is 13.7. The van der Waals surface area contributed by atoms with Crippen molar-refractivity contribution in [1.29, 1.82) is 0 Å². The molecule has 24 heavy (non-hydrogen) atoms. The third kappa shape index (κ3) is 3.84. The number of aromatic nitrogens is 2. The van der Waals surface area contributed by atoms with Crippen LogP contribution < -0.4 is 16.0 Å². The number of anilines is 3. The Balaban J connectivity index is 1.83. The molecule has 3 rings (SSSR count). The Hall–Kier alpha value is -2.16. The Labute approximate surface area is 140 Å². The molecule has 0 amide bonds. The topological polar surface area (TPSA) is 119 Å². The first-order chi connectivity index (χ1) is 11.6. The van der Waals surface area contributed by atoms with Gasteiger partial charge in [0.2, 0.25) is 17.6 Å². The number of nitrogen functional groups attached to an aromatic ring is 1. The molecule has 0 unspecified atom stereocenters. The van der Waals surface area contributed by atoms with E-state index in [0.29, 0.717) is 18.3 Å². The lowest BCUT2D eigenvalue weighted by Gasteiger charge is -2.22. The van der Waals surface area contributed by atoms with E-state index in [0.717, 1.165) is 58.2 Å². The van der Waals surface area contributed by atoms with Crippen LogP contribution in [0.3, 0.4) is 0 Å². The predicted octanol–water partition coefficient (Wildman–Crippen LogP) is 1.94. The van der Waals surface area contributed by atoms with Crippen molar-refractivity contribution in [3.63, 3.8) is 0 Å². The lowest BCUT2D eigenvalue weighted by molar-refractivity contribution is -0.383. The molecule has 1 atom stereocenters. The van der Waals surface area contributed by atoms with Crippen LogP contribution in [0, 0.1) is 10.1 Å². The van der Waals surface area contributed by atoms with E-state index in [1.165, 1.54) is 0 Å². The molecule has 132 valence electrons. The van der Waals surface area contributed by atoms with Crippen LogP contribution >= 0.6 is 0 Å². The van der Waals surface area contributed by atoms with E-state index in [9.17, 15) is 10.1 Å².